The number of benzene rings is 1. The zero-order chi connectivity index (χ0) is 17.3. The predicted molar refractivity (Wildman–Crippen MR) is 87.3 cm³/mol. The lowest BCUT2D eigenvalue weighted by molar-refractivity contribution is 0.0516. The summed E-state index contributed by atoms with van der Waals surface area (Å²) < 4.78 is 11.3. The van der Waals surface area contributed by atoms with Gasteiger partial charge in [0.05, 0.1) is 13.2 Å². The molecular weight excluding hydrogens is 334 g/mol. The standard InChI is InChI=1S/C16H14ClN3O4/c1-3-23-16(22)13-12-14(24-19-13)18-9(2)20(15(12)21)8-10-5-4-6-11(17)7-10/h4-7H,3,8H2,1-2H3. The summed E-state index contributed by atoms with van der Waals surface area (Å²) in [5, 5.41) is 4.22. The number of ether oxygens (including phenoxy) is 1. The molecular formula is C16H14ClN3O4. The van der Waals surface area contributed by atoms with Crippen LogP contribution in [-0.4, -0.2) is 27.3 Å². The molecule has 0 atom stereocenters. The van der Waals surface area contributed by atoms with Gasteiger partial charge in [-0.15, -0.1) is 0 Å². The molecule has 24 heavy (non-hydrogen) atoms. The maximum Gasteiger partial charge on any atom is 0.361 e. The van der Waals surface area contributed by atoms with Gasteiger partial charge < -0.3 is 9.26 Å². The highest BCUT2D eigenvalue weighted by Crippen LogP contribution is 2.16. The Morgan fingerprint density at radius 1 is 1.42 bits per heavy atom. The van der Waals surface area contributed by atoms with Gasteiger partial charge in [-0.2, -0.15) is 4.98 Å². The van der Waals surface area contributed by atoms with Gasteiger partial charge in [0.15, 0.2) is 0 Å². The number of carbonyl (C=O) groups is 1. The van der Waals surface area contributed by atoms with E-state index in [4.69, 9.17) is 20.9 Å². The molecule has 3 rings (SSSR count). The van der Waals surface area contributed by atoms with E-state index in [9.17, 15) is 9.59 Å². The van der Waals surface area contributed by atoms with Crippen molar-refractivity contribution in [3.8, 4) is 0 Å². The van der Waals surface area contributed by atoms with Gasteiger partial charge in [0.25, 0.3) is 11.3 Å². The highest BCUT2D eigenvalue weighted by atomic mass is 35.5. The van der Waals surface area contributed by atoms with E-state index in [1.807, 2.05) is 6.07 Å². The van der Waals surface area contributed by atoms with Crippen LogP contribution in [-0.2, 0) is 11.3 Å². The summed E-state index contributed by atoms with van der Waals surface area (Å²) in [6.45, 7) is 3.78. The van der Waals surface area contributed by atoms with Gasteiger partial charge >= 0.3 is 5.97 Å². The summed E-state index contributed by atoms with van der Waals surface area (Å²) in [7, 11) is 0. The van der Waals surface area contributed by atoms with E-state index in [-0.39, 0.29) is 29.9 Å². The van der Waals surface area contributed by atoms with E-state index in [1.165, 1.54) is 4.57 Å². The van der Waals surface area contributed by atoms with E-state index in [2.05, 4.69) is 10.1 Å². The molecule has 7 nitrogen and oxygen atoms in total. The zero-order valence-electron chi connectivity index (χ0n) is 13.1. The fourth-order valence-electron chi connectivity index (χ4n) is 2.38. The van der Waals surface area contributed by atoms with E-state index < -0.39 is 11.5 Å². The van der Waals surface area contributed by atoms with E-state index in [1.54, 1.807) is 32.0 Å². The molecule has 8 heteroatoms. The van der Waals surface area contributed by atoms with Crippen LogP contribution in [0, 0.1) is 6.92 Å². The Labute approximate surface area is 141 Å². The van der Waals surface area contributed by atoms with Crippen molar-refractivity contribution in [2.75, 3.05) is 6.61 Å². The number of aryl methyl sites for hydroxylation is 1. The Kier molecular flexibility index (Phi) is 4.35. The maximum atomic E-state index is 12.8. The topological polar surface area (TPSA) is 87.2 Å². The van der Waals surface area contributed by atoms with Crippen molar-refractivity contribution in [2.24, 2.45) is 0 Å². The molecule has 2 heterocycles. The van der Waals surface area contributed by atoms with Crippen LogP contribution >= 0.6 is 11.6 Å². The number of carbonyl (C=O) groups excluding carboxylic acids is 1. The second kappa shape index (κ2) is 6.45. The predicted octanol–water partition coefficient (Wildman–Crippen LogP) is 2.57. The van der Waals surface area contributed by atoms with Gasteiger partial charge in [-0.1, -0.05) is 28.9 Å². The number of aromatic nitrogens is 3. The summed E-state index contributed by atoms with van der Waals surface area (Å²) in [5.41, 5.74) is 0.275. The molecule has 3 aromatic rings. The van der Waals surface area contributed by atoms with Crippen LogP contribution < -0.4 is 5.56 Å². The Balaban J connectivity index is 2.13. The fraction of sp³-hybridized carbons (Fsp3) is 0.250. The van der Waals surface area contributed by atoms with Crippen molar-refractivity contribution in [3.63, 3.8) is 0 Å². The van der Waals surface area contributed by atoms with Crippen molar-refractivity contribution in [1.29, 1.82) is 0 Å². The number of fused-ring (bicyclic) bond motifs is 1. The van der Waals surface area contributed by atoms with Crippen LogP contribution in [0.1, 0.15) is 28.8 Å². The molecule has 0 fully saturated rings. The molecule has 0 radical (unpaired) electrons. The van der Waals surface area contributed by atoms with Crippen LogP contribution in [0.4, 0.5) is 0 Å². The van der Waals surface area contributed by atoms with Crippen molar-refractivity contribution in [1.82, 2.24) is 14.7 Å². The quantitative estimate of drug-likeness (QED) is 0.674. The third-order valence-corrected chi connectivity index (χ3v) is 3.72. The van der Waals surface area contributed by atoms with E-state index in [0.717, 1.165) is 5.56 Å². The van der Waals surface area contributed by atoms with E-state index >= 15 is 0 Å². The lowest BCUT2D eigenvalue weighted by Gasteiger charge is -2.09. The first kappa shape index (κ1) is 16.2. The fourth-order valence-corrected chi connectivity index (χ4v) is 2.60. The van der Waals surface area contributed by atoms with Crippen molar-refractivity contribution in [3.05, 3.63) is 56.7 Å². The Morgan fingerprint density at radius 2 is 2.21 bits per heavy atom. The van der Waals surface area contributed by atoms with Gasteiger partial charge in [-0.25, -0.2) is 4.79 Å². The maximum absolute atomic E-state index is 12.8. The van der Waals surface area contributed by atoms with Crippen molar-refractivity contribution < 1.29 is 14.1 Å². The molecule has 0 unspecified atom stereocenters. The molecule has 0 bridgehead atoms. The van der Waals surface area contributed by atoms with E-state index in [0.29, 0.717) is 10.8 Å². The van der Waals surface area contributed by atoms with Crippen LogP contribution in [0.15, 0.2) is 33.6 Å². The van der Waals surface area contributed by atoms with Crippen molar-refractivity contribution in [2.45, 2.75) is 20.4 Å². The first-order valence-electron chi connectivity index (χ1n) is 7.29. The number of halogens is 1. The van der Waals surface area contributed by atoms with Crippen LogP contribution in [0.3, 0.4) is 0 Å². The average Bonchev–Trinajstić information content (AvgIpc) is 2.95. The highest BCUT2D eigenvalue weighted by molar-refractivity contribution is 6.30. The summed E-state index contributed by atoms with van der Waals surface area (Å²) in [6.07, 6.45) is 0. The second-order valence-electron chi connectivity index (χ2n) is 5.11. The SMILES string of the molecule is CCOC(=O)c1noc2nc(C)n(Cc3cccc(Cl)c3)c(=O)c12. The molecule has 0 spiro atoms. The molecule has 1 aromatic carbocycles. The van der Waals surface area contributed by atoms with Gasteiger partial charge in [0.1, 0.15) is 11.2 Å². The summed E-state index contributed by atoms with van der Waals surface area (Å²) in [5.74, 6) is -0.271. The summed E-state index contributed by atoms with van der Waals surface area (Å²) in [4.78, 5) is 29.0. The molecule has 0 aliphatic rings. The largest absolute Gasteiger partial charge is 0.461 e. The van der Waals surface area contributed by atoms with Gasteiger partial charge in [0.2, 0.25) is 5.69 Å². The van der Waals surface area contributed by atoms with Crippen LogP contribution in [0.2, 0.25) is 5.02 Å². The monoisotopic (exact) mass is 347 g/mol. The minimum Gasteiger partial charge on any atom is -0.461 e. The average molecular weight is 348 g/mol. The second-order valence-corrected chi connectivity index (χ2v) is 5.55. The molecule has 124 valence electrons. The van der Waals surface area contributed by atoms with Gasteiger partial charge in [0, 0.05) is 5.02 Å². The third kappa shape index (κ3) is 2.90. The third-order valence-electron chi connectivity index (χ3n) is 3.49. The number of rotatable bonds is 4. The molecule has 0 N–H and O–H groups in total. The normalized spacial score (nSPS) is 11.0. The minimum atomic E-state index is -0.715. The lowest BCUT2D eigenvalue weighted by atomic mass is 10.2. The Morgan fingerprint density at radius 3 is 2.92 bits per heavy atom. The smallest absolute Gasteiger partial charge is 0.361 e. The Hall–Kier alpha value is -2.67. The molecule has 0 saturated carbocycles. The molecule has 0 aliphatic heterocycles. The van der Waals surface area contributed by atoms with Crippen LogP contribution in [0.25, 0.3) is 11.1 Å². The minimum absolute atomic E-state index is 0.0149. The summed E-state index contributed by atoms with van der Waals surface area (Å²) in [6, 6.07) is 7.16. The first-order chi connectivity index (χ1) is 11.5. The molecule has 2 aromatic heterocycles. The van der Waals surface area contributed by atoms with Gasteiger partial charge in [-0.05, 0) is 31.5 Å². The highest BCUT2D eigenvalue weighted by Gasteiger charge is 2.23. The number of esters is 1. The number of nitrogens with zero attached hydrogens (tertiary/aromatic N) is 3. The summed E-state index contributed by atoms with van der Waals surface area (Å²) >= 11 is 5.98. The van der Waals surface area contributed by atoms with Crippen molar-refractivity contribution >= 4 is 28.7 Å². The molecule has 0 amide bonds. The molecule has 0 aliphatic carbocycles. The number of hydrogen-bond acceptors (Lipinski definition) is 6. The lowest BCUT2D eigenvalue weighted by Crippen LogP contribution is -2.25. The van der Waals surface area contributed by atoms with Crippen LogP contribution in [0.5, 0.6) is 0 Å². The zero-order valence-corrected chi connectivity index (χ0v) is 13.8. The van der Waals surface area contributed by atoms with Gasteiger partial charge in [-0.3, -0.25) is 9.36 Å². The first-order valence-corrected chi connectivity index (χ1v) is 7.67. The Bertz CT molecular complexity index is 977. The number of hydrogen-bond donors (Lipinski definition) is 0. The molecule has 0 saturated heterocycles.